The Labute approximate surface area is 121 Å². The molecule has 1 atom stereocenters. The van der Waals surface area contributed by atoms with E-state index in [1.165, 1.54) is 11.8 Å². The van der Waals surface area contributed by atoms with Gasteiger partial charge in [0.1, 0.15) is 5.69 Å². The molecule has 1 unspecified atom stereocenters. The maximum Gasteiger partial charge on any atom is 0.218 e. The molecule has 0 spiro atoms. The van der Waals surface area contributed by atoms with E-state index in [1.807, 2.05) is 13.8 Å². The maximum absolute atomic E-state index is 12.6. The van der Waals surface area contributed by atoms with Crippen LogP contribution in [0, 0.1) is 6.92 Å². The number of allylic oxidation sites excluding steroid dienone is 1. The molecule has 1 N–H and O–H groups in total. The van der Waals surface area contributed by atoms with Crippen LogP contribution in [0.4, 0.5) is 0 Å². The molecular weight excluding hydrogens is 274 g/mol. The van der Waals surface area contributed by atoms with Crippen LogP contribution >= 0.6 is 11.8 Å². The van der Waals surface area contributed by atoms with Gasteiger partial charge in [-0.25, -0.2) is 0 Å². The molecule has 3 rings (SSSR count). The Balaban J connectivity index is 2.24. The number of hydrogen-bond donors (Lipinski definition) is 1. The molecule has 1 aliphatic heterocycles. The van der Waals surface area contributed by atoms with E-state index in [4.69, 9.17) is 0 Å². The first-order valence-electron chi connectivity index (χ1n) is 6.48. The normalized spacial score (nSPS) is 24.5. The lowest BCUT2D eigenvalue weighted by molar-refractivity contribution is 0.0927. The first kappa shape index (κ1) is 13.5. The van der Waals surface area contributed by atoms with Gasteiger partial charge < -0.3 is 5.11 Å². The summed E-state index contributed by atoms with van der Waals surface area (Å²) in [6.07, 6.45) is 1.12. The second-order valence-corrected chi connectivity index (χ2v) is 7.55. The van der Waals surface area contributed by atoms with Crippen molar-refractivity contribution in [3.63, 3.8) is 0 Å². The van der Waals surface area contributed by atoms with Gasteiger partial charge in [-0.3, -0.25) is 14.6 Å². The lowest BCUT2D eigenvalue weighted by Gasteiger charge is -2.36. The van der Waals surface area contributed by atoms with E-state index < -0.39 is 6.10 Å². The van der Waals surface area contributed by atoms with Crippen LogP contribution in [0.25, 0.3) is 0 Å². The zero-order valence-corrected chi connectivity index (χ0v) is 12.4. The van der Waals surface area contributed by atoms with Gasteiger partial charge in [0.05, 0.1) is 16.6 Å². The monoisotopic (exact) mass is 289 g/mol. The van der Waals surface area contributed by atoms with Crippen LogP contribution in [-0.2, 0) is 0 Å². The number of aromatic nitrogens is 1. The van der Waals surface area contributed by atoms with E-state index in [1.54, 1.807) is 19.2 Å². The molecule has 1 aliphatic carbocycles. The molecule has 0 fully saturated rings. The van der Waals surface area contributed by atoms with Gasteiger partial charge in [-0.05, 0) is 25.0 Å². The number of aryl methyl sites for hydroxylation is 1. The summed E-state index contributed by atoms with van der Waals surface area (Å²) in [5, 5.41) is 10.3. The molecule has 0 aromatic carbocycles. The quantitative estimate of drug-likeness (QED) is 0.793. The molecule has 5 heteroatoms. The Morgan fingerprint density at radius 1 is 1.35 bits per heavy atom. The summed E-state index contributed by atoms with van der Waals surface area (Å²) in [5.74, 6) is -0.495. The van der Waals surface area contributed by atoms with Crippen LogP contribution in [-0.4, -0.2) is 32.5 Å². The van der Waals surface area contributed by atoms with Gasteiger partial charge in [0, 0.05) is 16.5 Å². The fourth-order valence-corrected chi connectivity index (χ4v) is 4.10. The highest BCUT2D eigenvalue weighted by atomic mass is 32.2. The highest BCUT2D eigenvalue weighted by Gasteiger charge is 2.44. The Hall–Kier alpha value is -1.46. The number of Topliss-reactive ketones (excluding diaryl/α,β-unsaturated/α-hetero) is 2. The van der Waals surface area contributed by atoms with E-state index in [2.05, 4.69) is 4.98 Å². The number of nitrogens with zero attached hydrogens (tertiary/aromatic N) is 1. The van der Waals surface area contributed by atoms with Gasteiger partial charge >= 0.3 is 0 Å². The standard InChI is InChI=1S/C15H15NO3S/c1-7-4-5-16-11-9(7)12(18)10-8(17)6-15(2,3)20-14(10)13(11)19/h4-5,8,17H,6H2,1-3H3. The van der Waals surface area contributed by atoms with Crippen LogP contribution in [0.5, 0.6) is 0 Å². The lowest BCUT2D eigenvalue weighted by Crippen LogP contribution is -2.38. The minimum absolute atomic E-state index is 0.214. The van der Waals surface area contributed by atoms with Crippen molar-refractivity contribution in [1.29, 1.82) is 0 Å². The molecule has 104 valence electrons. The molecule has 0 saturated carbocycles. The number of aliphatic hydroxyl groups is 1. The Bertz CT molecular complexity index is 676. The molecule has 0 bridgehead atoms. The van der Waals surface area contributed by atoms with Crippen molar-refractivity contribution >= 4 is 23.3 Å². The molecular formula is C15H15NO3S. The highest BCUT2D eigenvalue weighted by Crippen LogP contribution is 2.47. The van der Waals surface area contributed by atoms with Crippen LogP contribution in [0.2, 0.25) is 0 Å². The molecule has 0 saturated heterocycles. The van der Waals surface area contributed by atoms with Crippen molar-refractivity contribution in [2.45, 2.75) is 38.0 Å². The Morgan fingerprint density at radius 3 is 2.75 bits per heavy atom. The third-order valence-electron chi connectivity index (χ3n) is 3.69. The summed E-state index contributed by atoms with van der Waals surface area (Å²) < 4.78 is -0.268. The van der Waals surface area contributed by atoms with E-state index in [0.29, 0.717) is 16.9 Å². The van der Waals surface area contributed by atoms with Gasteiger partial charge in [-0.1, -0.05) is 13.8 Å². The van der Waals surface area contributed by atoms with Crippen molar-refractivity contribution in [2.24, 2.45) is 0 Å². The summed E-state index contributed by atoms with van der Waals surface area (Å²) in [5.41, 5.74) is 1.53. The molecule has 0 amide bonds. The first-order chi connectivity index (χ1) is 9.32. The van der Waals surface area contributed by atoms with Crippen LogP contribution < -0.4 is 0 Å². The number of carbonyl (C=O) groups excluding carboxylic acids is 2. The average molecular weight is 289 g/mol. The molecule has 2 aliphatic rings. The van der Waals surface area contributed by atoms with Crippen molar-refractivity contribution in [3.05, 3.63) is 39.6 Å². The number of thioether (sulfide) groups is 1. The number of pyridine rings is 1. The summed E-state index contributed by atoms with van der Waals surface area (Å²) in [4.78, 5) is 29.6. The molecule has 2 heterocycles. The smallest absolute Gasteiger partial charge is 0.218 e. The molecule has 1 aromatic rings. The molecule has 4 nitrogen and oxygen atoms in total. The fourth-order valence-electron chi connectivity index (χ4n) is 2.77. The molecule has 1 aromatic heterocycles. The van der Waals surface area contributed by atoms with Crippen molar-refractivity contribution < 1.29 is 14.7 Å². The van der Waals surface area contributed by atoms with E-state index >= 15 is 0 Å². The second kappa shape index (κ2) is 4.27. The van der Waals surface area contributed by atoms with Gasteiger partial charge in [-0.15, -0.1) is 11.8 Å². The predicted molar refractivity (Wildman–Crippen MR) is 77.0 cm³/mol. The Morgan fingerprint density at radius 2 is 2.05 bits per heavy atom. The van der Waals surface area contributed by atoms with Gasteiger partial charge in [0.15, 0.2) is 5.78 Å². The first-order valence-corrected chi connectivity index (χ1v) is 7.30. The summed E-state index contributed by atoms with van der Waals surface area (Å²) in [7, 11) is 0. The van der Waals surface area contributed by atoms with Crippen molar-refractivity contribution in [3.8, 4) is 0 Å². The zero-order valence-electron chi connectivity index (χ0n) is 11.6. The second-order valence-electron chi connectivity index (χ2n) is 5.83. The number of ketones is 2. The van der Waals surface area contributed by atoms with Gasteiger partial charge in [0.2, 0.25) is 5.78 Å². The number of aliphatic hydroxyl groups excluding tert-OH is 1. The average Bonchev–Trinajstić information content (AvgIpc) is 2.33. The minimum Gasteiger partial charge on any atom is -0.388 e. The third kappa shape index (κ3) is 1.84. The molecule has 0 radical (unpaired) electrons. The Kier molecular flexibility index (Phi) is 2.88. The number of carbonyl (C=O) groups is 2. The SMILES string of the molecule is Cc1ccnc2c1C(=O)C1=C(SC(C)(C)CC1O)C2=O. The van der Waals surface area contributed by atoms with E-state index in [-0.39, 0.29) is 27.6 Å². The fraction of sp³-hybridized carbons (Fsp3) is 0.400. The maximum atomic E-state index is 12.6. The number of hydrogen-bond acceptors (Lipinski definition) is 5. The highest BCUT2D eigenvalue weighted by molar-refractivity contribution is 8.05. The summed E-state index contributed by atoms with van der Waals surface area (Å²) >= 11 is 1.37. The summed E-state index contributed by atoms with van der Waals surface area (Å²) in [6.45, 7) is 5.70. The van der Waals surface area contributed by atoms with Crippen LogP contribution in [0.3, 0.4) is 0 Å². The minimum atomic E-state index is -0.884. The number of fused-ring (bicyclic) bond motifs is 1. The zero-order chi connectivity index (χ0) is 14.7. The topological polar surface area (TPSA) is 67.3 Å². The van der Waals surface area contributed by atoms with E-state index in [9.17, 15) is 14.7 Å². The largest absolute Gasteiger partial charge is 0.388 e. The predicted octanol–water partition coefficient (Wildman–Crippen LogP) is 2.30. The van der Waals surface area contributed by atoms with Crippen LogP contribution in [0.1, 0.15) is 46.7 Å². The van der Waals surface area contributed by atoms with Crippen molar-refractivity contribution in [2.75, 3.05) is 0 Å². The van der Waals surface area contributed by atoms with Gasteiger partial charge in [-0.2, -0.15) is 0 Å². The lowest BCUT2D eigenvalue weighted by atomic mass is 9.84. The van der Waals surface area contributed by atoms with Crippen molar-refractivity contribution in [1.82, 2.24) is 4.98 Å². The van der Waals surface area contributed by atoms with Crippen LogP contribution in [0.15, 0.2) is 22.7 Å². The van der Waals surface area contributed by atoms with Gasteiger partial charge in [0.25, 0.3) is 0 Å². The third-order valence-corrected chi connectivity index (χ3v) is 5.02. The van der Waals surface area contributed by atoms with E-state index in [0.717, 1.165) is 5.56 Å². The molecule has 20 heavy (non-hydrogen) atoms. The number of rotatable bonds is 0. The summed E-state index contributed by atoms with van der Waals surface area (Å²) in [6, 6.07) is 1.71.